The molecule has 0 aliphatic carbocycles. The molecule has 2 aromatic carbocycles. The fraction of sp³-hybridized carbons (Fsp3) is 0.136. The number of fused-ring (bicyclic) bond motifs is 4. The molecule has 150 valence electrons. The van der Waals surface area contributed by atoms with Crippen LogP contribution in [0.3, 0.4) is 0 Å². The average Bonchev–Trinajstić information content (AvgIpc) is 3.33. The molecule has 0 unspecified atom stereocenters. The predicted molar refractivity (Wildman–Crippen MR) is 123 cm³/mol. The van der Waals surface area contributed by atoms with Gasteiger partial charge in [0.1, 0.15) is 4.70 Å². The first kappa shape index (κ1) is 18.9. The van der Waals surface area contributed by atoms with Gasteiger partial charge < -0.3 is 10.7 Å². The summed E-state index contributed by atoms with van der Waals surface area (Å²) in [5, 5.41) is 2.63. The molecule has 0 aliphatic rings. The second-order valence-electron chi connectivity index (χ2n) is 6.99. The highest BCUT2D eigenvalue weighted by molar-refractivity contribution is 7.99. The zero-order chi connectivity index (χ0) is 20.7. The predicted octanol–water partition coefficient (Wildman–Crippen LogP) is 3.91. The lowest BCUT2D eigenvalue weighted by Gasteiger charge is -2.11. The highest BCUT2D eigenvalue weighted by atomic mass is 32.2. The normalized spacial score (nSPS) is 11.6. The van der Waals surface area contributed by atoms with Crippen molar-refractivity contribution in [3.05, 3.63) is 70.6 Å². The molecule has 6 nitrogen and oxygen atoms in total. The van der Waals surface area contributed by atoms with Crippen molar-refractivity contribution in [3.63, 3.8) is 0 Å². The molecule has 0 fully saturated rings. The number of para-hydroxylation sites is 1. The van der Waals surface area contributed by atoms with Crippen LogP contribution in [0.5, 0.6) is 0 Å². The number of carbonyl (C=O) groups excluding carboxylic acids is 1. The van der Waals surface area contributed by atoms with Crippen LogP contribution in [0, 0.1) is 0 Å². The zero-order valence-corrected chi connectivity index (χ0v) is 17.6. The van der Waals surface area contributed by atoms with Crippen molar-refractivity contribution in [2.75, 3.05) is 5.75 Å². The summed E-state index contributed by atoms with van der Waals surface area (Å²) in [7, 11) is 0. The number of carbonyl (C=O) groups is 1. The van der Waals surface area contributed by atoms with Crippen molar-refractivity contribution in [1.29, 1.82) is 0 Å². The summed E-state index contributed by atoms with van der Waals surface area (Å²) >= 11 is 2.67. The molecule has 30 heavy (non-hydrogen) atoms. The number of primary amides is 1. The summed E-state index contributed by atoms with van der Waals surface area (Å²) in [6.07, 6.45) is 2.66. The van der Waals surface area contributed by atoms with Crippen molar-refractivity contribution in [2.24, 2.45) is 5.73 Å². The van der Waals surface area contributed by atoms with E-state index in [4.69, 9.17) is 10.7 Å². The second kappa shape index (κ2) is 7.62. The first-order chi connectivity index (χ1) is 14.6. The number of benzene rings is 2. The van der Waals surface area contributed by atoms with E-state index in [0.29, 0.717) is 28.3 Å². The molecule has 0 aliphatic heterocycles. The van der Waals surface area contributed by atoms with Gasteiger partial charge in [0.05, 0.1) is 11.3 Å². The summed E-state index contributed by atoms with van der Waals surface area (Å²) < 4.78 is 3.34. The third kappa shape index (κ3) is 3.28. The van der Waals surface area contributed by atoms with Crippen LogP contribution in [0.4, 0.5) is 0 Å². The third-order valence-electron chi connectivity index (χ3n) is 5.07. The van der Waals surface area contributed by atoms with E-state index in [0.717, 1.165) is 26.6 Å². The zero-order valence-electron chi connectivity index (χ0n) is 15.9. The Bertz CT molecular complexity index is 1460. The fourth-order valence-corrected chi connectivity index (χ4v) is 5.52. The smallest absolute Gasteiger partial charge is 0.272 e. The summed E-state index contributed by atoms with van der Waals surface area (Å²) in [5.41, 5.74) is 8.17. The first-order valence-electron chi connectivity index (χ1n) is 9.50. The topological polar surface area (TPSA) is 93.8 Å². The van der Waals surface area contributed by atoms with Crippen LogP contribution in [0.2, 0.25) is 0 Å². The molecule has 5 aromatic rings. The lowest BCUT2D eigenvalue weighted by molar-refractivity contribution is -0.115. The molecule has 3 N–H and O–H groups in total. The molecule has 0 radical (unpaired) electrons. The van der Waals surface area contributed by atoms with E-state index in [1.807, 2.05) is 48.7 Å². The van der Waals surface area contributed by atoms with Gasteiger partial charge in [-0.1, -0.05) is 48.2 Å². The lowest BCUT2D eigenvalue weighted by Crippen LogP contribution is -2.24. The van der Waals surface area contributed by atoms with Gasteiger partial charge in [0.2, 0.25) is 5.91 Å². The van der Waals surface area contributed by atoms with Gasteiger partial charge in [-0.2, -0.15) is 0 Å². The molecular weight excluding hydrogens is 416 g/mol. The highest BCUT2D eigenvalue weighted by Crippen LogP contribution is 2.32. The molecule has 0 bridgehead atoms. The van der Waals surface area contributed by atoms with Gasteiger partial charge in [0, 0.05) is 33.7 Å². The Labute approximate surface area is 179 Å². The van der Waals surface area contributed by atoms with E-state index in [1.54, 1.807) is 4.57 Å². The summed E-state index contributed by atoms with van der Waals surface area (Å²) in [5.74, 6) is -0.361. The third-order valence-corrected chi connectivity index (χ3v) is 7.22. The molecular formula is C22H18N4O2S2. The molecule has 3 aromatic heterocycles. The maximum Gasteiger partial charge on any atom is 0.272 e. The number of rotatable bonds is 6. The van der Waals surface area contributed by atoms with Crippen molar-refractivity contribution in [2.45, 2.75) is 18.1 Å². The number of amides is 1. The Morgan fingerprint density at radius 1 is 1.13 bits per heavy atom. The Hall–Kier alpha value is -3.10. The van der Waals surface area contributed by atoms with Crippen LogP contribution < -0.4 is 11.3 Å². The number of hydrogen-bond donors (Lipinski definition) is 2. The van der Waals surface area contributed by atoms with Crippen molar-refractivity contribution < 1.29 is 4.79 Å². The minimum Gasteiger partial charge on any atom is -0.369 e. The highest BCUT2D eigenvalue weighted by Gasteiger charge is 2.17. The van der Waals surface area contributed by atoms with Crippen LogP contribution in [0.25, 0.3) is 31.2 Å². The van der Waals surface area contributed by atoms with E-state index >= 15 is 0 Å². The van der Waals surface area contributed by atoms with Crippen molar-refractivity contribution in [1.82, 2.24) is 14.5 Å². The Morgan fingerprint density at radius 3 is 2.73 bits per heavy atom. The van der Waals surface area contributed by atoms with Crippen LogP contribution >= 0.6 is 23.1 Å². The minimum atomic E-state index is -0.437. The number of thioether (sulfide) groups is 1. The second-order valence-corrected chi connectivity index (χ2v) is 8.99. The van der Waals surface area contributed by atoms with Crippen LogP contribution in [0.1, 0.15) is 5.56 Å². The van der Waals surface area contributed by atoms with Crippen LogP contribution in [-0.4, -0.2) is 26.2 Å². The monoisotopic (exact) mass is 434 g/mol. The van der Waals surface area contributed by atoms with Gasteiger partial charge in [-0.15, -0.1) is 11.3 Å². The van der Waals surface area contributed by atoms with Gasteiger partial charge in [-0.25, -0.2) is 4.98 Å². The lowest BCUT2D eigenvalue weighted by atomic mass is 10.1. The largest absolute Gasteiger partial charge is 0.369 e. The quantitative estimate of drug-likeness (QED) is 0.313. The Balaban J connectivity index is 1.60. The number of H-pyrrole nitrogens is 1. The maximum absolute atomic E-state index is 13.4. The van der Waals surface area contributed by atoms with E-state index in [9.17, 15) is 9.59 Å². The van der Waals surface area contributed by atoms with E-state index in [-0.39, 0.29) is 11.3 Å². The van der Waals surface area contributed by atoms with Gasteiger partial charge >= 0.3 is 0 Å². The molecule has 0 spiro atoms. The SMILES string of the molecule is NC(=O)CSc1nc2c(sc3ccccc32)c(=O)n1CCc1c[nH]c2ccccc12. The van der Waals surface area contributed by atoms with Gasteiger partial charge in [0.15, 0.2) is 5.16 Å². The van der Waals surface area contributed by atoms with E-state index in [2.05, 4.69) is 11.1 Å². The number of nitrogens with zero attached hydrogens (tertiary/aromatic N) is 2. The molecule has 1 amide bonds. The van der Waals surface area contributed by atoms with Gasteiger partial charge in [-0.3, -0.25) is 14.2 Å². The number of aromatic nitrogens is 3. The molecule has 0 saturated heterocycles. The molecule has 0 atom stereocenters. The van der Waals surface area contributed by atoms with Gasteiger partial charge in [0.25, 0.3) is 5.56 Å². The number of aromatic amines is 1. The number of nitrogens with two attached hydrogens (primary N) is 1. The van der Waals surface area contributed by atoms with Crippen molar-refractivity contribution >= 4 is 60.2 Å². The maximum atomic E-state index is 13.4. The number of hydrogen-bond acceptors (Lipinski definition) is 5. The number of aryl methyl sites for hydroxylation is 1. The Kier molecular flexibility index (Phi) is 4.80. The van der Waals surface area contributed by atoms with Gasteiger partial charge in [-0.05, 0) is 24.1 Å². The Morgan fingerprint density at radius 2 is 1.90 bits per heavy atom. The summed E-state index contributed by atoms with van der Waals surface area (Å²) in [6, 6.07) is 16.0. The molecule has 3 heterocycles. The molecule has 8 heteroatoms. The summed E-state index contributed by atoms with van der Waals surface area (Å²) in [4.78, 5) is 32.8. The number of thiophene rings is 1. The van der Waals surface area contributed by atoms with Crippen LogP contribution in [-0.2, 0) is 17.8 Å². The first-order valence-corrected chi connectivity index (χ1v) is 11.3. The van der Waals surface area contributed by atoms with Crippen LogP contribution in [0.15, 0.2) is 64.7 Å². The van der Waals surface area contributed by atoms with Crippen molar-refractivity contribution in [3.8, 4) is 0 Å². The number of nitrogens with one attached hydrogen (secondary N) is 1. The average molecular weight is 435 g/mol. The van der Waals surface area contributed by atoms with E-state index < -0.39 is 5.91 Å². The minimum absolute atomic E-state index is 0.0759. The fourth-order valence-electron chi connectivity index (χ4n) is 3.67. The van der Waals surface area contributed by atoms with E-state index in [1.165, 1.54) is 23.1 Å². The molecule has 0 saturated carbocycles. The summed E-state index contributed by atoms with van der Waals surface area (Å²) in [6.45, 7) is 0.471. The molecule has 5 rings (SSSR count). The standard InChI is InChI=1S/C22H18N4O2S2/c23-18(27)12-29-22-25-19-15-6-2-4-8-17(15)30-20(19)21(28)26(22)10-9-13-11-24-16-7-3-1-5-14(13)16/h1-8,11,24H,9-10,12H2,(H2,23,27).